The predicted octanol–water partition coefficient (Wildman–Crippen LogP) is 0.638. The second-order valence-corrected chi connectivity index (χ2v) is 2.50. The zero-order valence-electron chi connectivity index (χ0n) is 6.38. The number of carboxylic acids is 1. The van der Waals surface area contributed by atoms with Crippen LogP contribution in [0.3, 0.4) is 0 Å². The van der Waals surface area contributed by atoms with Crippen LogP contribution < -0.4 is 5.73 Å². The van der Waals surface area contributed by atoms with Gasteiger partial charge in [0.05, 0.1) is 5.92 Å². The lowest BCUT2D eigenvalue weighted by molar-refractivity contribution is -0.141. The highest BCUT2D eigenvalue weighted by molar-refractivity contribution is 5.73. The maximum atomic E-state index is 12.7. The maximum absolute atomic E-state index is 12.7. The Morgan fingerprint density at radius 3 is 2.08 bits per heavy atom. The van der Waals surface area contributed by atoms with Gasteiger partial charge in [0.2, 0.25) is 6.43 Å². The van der Waals surface area contributed by atoms with Gasteiger partial charge in [0.1, 0.15) is 12.2 Å². The molecule has 12 heavy (non-hydrogen) atoms. The van der Waals surface area contributed by atoms with Crippen LogP contribution in [0.1, 0.15) is 6.92 Å². The average Bonchev–Trinajstić information content (AvgIpc) is 2.00. The second-order valence-electron chi connectivity index (χ2n) is 2.50. The van der Waals surface area contributed by atoms with Crippen LogP contribution in [0.25, 0.3) is 0 Å². The van der Waals surface area contributed by atoms with Crippen molar-refractivity contribution in [3.05, 3.63) is 0 Å². The van der Waals surface area contributed by atoms with E-state index in [2.05, 4.69) is 0 Å². The molecule has 0 aliphatic rings. The zero-order chi connectivity index (χ0) is 9.89. The third-order valence-electron chi connectivity index (χ3n) is 1.53. The first-order valence-corrected chi connectivity index (χ1v) is 3.28. The summed E-state index contributed by atoms with van der Waals surface area (Å²) < 4.78 is 36.3. The highest BCUT2D eigenvalue weighted by atomic mass is 19.3. The maximum Gasteiger partial charge on any atom is 0.323 e. The van der Waals surface area contributed by atoms with Crippen molar-refractivity contribution < 1.29 is 23.1 Å². The number of aliphatic carboxylic acids is 1. The lowest BCUT2D eigenvalue weighted by atomic mass is 10.0. The van der Waals surface area contributed by atoms with Crippen molar-refractivity contribution in [3.8, 4) is 0 Å². The molecule has 0 saturated heterocycles. The summed E-state index contributed by atoms with van der Waals surface area (Å²) in [5.41, 5.74) is 4.79. The van der Waals surface area contributed by atoms with E-state index in [9.17, 15) is 18.0 Å². The molecule has 3 N–H and O–H groups in total. The third kappa shape index (κ3) is 2.69. The van der Waals surface area contributed by atoms with Crippen LogP contribution in [0.5, 0.6) is 0 Å². The van der Waals surface area contributed by atoms with E-state index in [4.69, 9.17) is 10.8 Å². The molecule has 0 bridgehead atoms. The largest absolute Gasteiger partial charge is 0.480 e. The molecule has 2 unspecified atom stereocenters. The van der Waals surface area contributed by atoms with Gasteiger partial charge in [-0.25, -0.2) is 13.2 Å². The molecule has 0 spiro atoms. The fourth-order valence-corrected chi connectivity index (χ4v) is 0.602. The van der Waals surface area contributed by atoms with E-state index < -0.39 is 30.5 Å². The van der Waals surface area contributed by atoms with Crippen LogP contribution in [-0.4, -0.2) is 29.7 Å². The summed E-state index contributed by atoms with van der Waals surface area (Å²) in [5, 5.41) is 8.17. The Kier molecular flexibility index (Phi) is 4.02. The van der Waals surface area contributed by atoms with E-state index in [1.165, 1.54) is 0 Å². The van der Waals surface area contributed by atoms with E-state index in [-0.39, 0.29) is 0 Å². The Bertz CT molecular complexity index is 165. The smallest absolute Gasteiger partial charge is 0.323 e. The van der Waals surface area contributed by atoms with Crippen molar-refractivity contribution in [2.75, 3.05) is 0 Å². The van der Waals surface area contributed by atoms with Crippen molar-refractivity contribution in [1.29, 1.82) is 0 Å². The molecule has 0 aromatic heterocycles. The topological polar surface area (TPSA) is 63.3 Å². The van der Waals surface area contributed by atoms with Crippen LogP contribution in [0.2, 0.25) is 0 Å². The third-order valence-corrected chi connectivity index (χ3v) is 1.53. The van der Waals surface area contributed by atoms with Gasteiger partial charge >= 0.3 is 5.97 Å². The molecule has 72 valence electrons. The normalized spacial score (nSPS) is 18.8. The van der Waals surface area contributed by atoms with Crippen LogP contribution in [-0.2, 0) is 4.79 Å². The van der Waals surface area contributed by atoms with Crippen molar-refractivity contribution in [2.45, 2.75) is 25.6 Å². The minimum atomic E-state index is -2.90. The Morgan fingerprint density at radius 2 is 1.83 bits per heavy atom. The molecule has 0 amide bonds. The van der Waals surface area contributed by atoms with Gasteiger partial charge in [0.25, 0.3) is 0 Å². The summed E-state index contributed by atoms with van der Waals surface area (Å²) in [6.07, 6.45) is -5.12. The van der Waals surface area contributed by atoms with Crippen molar-refractivity contribution in [1.82, 2.24) is 0 Å². The minimum Gasteiger partial charge on any atom is -0.480 e. The molecular weight excluding hydrogens is 175 g/mol. The quantitative estimate of drug-likeness (QED) is 0.675. The number of alkyl halides is 3. The molecule has 3 atom stereocenters. The summed E-state index contributed by atoms with van der Waals surface area (Å²) in [7, 11) is 0. The molecule has 0 heterocycles. The minimum absolute atomic E-state index is 0.915. The average molecular weight is 185 g/mol. The highest BCUT2D eigenvalue weighted by Gasteiger charge is 2.33. The number of carboxylic acid groups (broad SMARTS) is 1. The molecule has 0 radical (unpaired) electrons. The lowest BCUT2D eigenvalue weighted by Gasteiger charge is -2.18. The van der Waals surface area contributed by atoms with E-state index >= 15 is 0 Å². The fraction of sp³-hybridized carbons (Fsp3) is 0.833. The van der Waals surface area contributed by atoms with Gasteiger partial charge in [-0.1, -0.05) is 6.92 Å². The summed E-state index contributed by atoms with van der Waals surface area (Å²) in [4.78, 5) is 10.1. The van der Waals surface area contributed by atoms with E-state index in [1.54, 1.807) is 0 Å². The number of hydrogen-bond donors (Lipinski definition) is 2. The first kappa shape index (κ1) is 11.2. The van der Waals surface area contributed by atoms with Gasteiger partial charge in [-0.3, -0.25) is 4.79 Å². The summed E-state index contributed by atoms with van der Waals surface area (Å²) in [6, 6.07) is -1.88. The molecule has 0 aliphatic carbocycles. The van der Waals surface area contributed by atoms with Gasteiger partial charge in [0.15, 0.2) is 0 Å². The van der Waals surface area contributed by atoms with Gasteiger partial charge in [-0.05, 0) is 0 Å². The molecule has 6 heteroatoms. The molecule has 0 rings (SSSR count). The molecule has 0 aliphatic heterocycles. The van der Waals surface area contributed by atoms with Crippen LogP contribution in [0.4, 0.5) is 13.2 Å². The molecule has 0 saturated carbocycles. The number of carbonyl (C=O) groups is 1. The first-order chi connectivity index (χ1) is 5.37. The Hall–Kier alpha value is -0.780. The molecule has 3 nitrogen and oxygen atoms in total. The van der Waals surface area contributed by atoms with Gasteiger partial charge in [-0.2, -0.15) is 0 Å². The Morgan fingerprint density at radius 1 is 1.42 bits per heavy atom. The number of halogens is 3. The second kappa shape index (κ2) is 4.30. The summed E-state index contributed by atoms with van der Waals surface area (Å²) in [5.74, 6) is -3.27. The monoisotopic (exact) mass is 185 g/mol. The molecule has 0 fully saturated rings. The molecular formula is C6H10F3NO2. The summed E-state index contributed by atoms with van der Waals surface area (Å²) >= 11 is 0. The van der Waals surface area contributed by atoms with Crippen LogP contribution in [0.15, 0.2) is 0 Å². The fourth-order valence-electron chi connectivity index (χ4n) is 0.602. The first-order valence-electron chi connectivity index (χ1n) is 3.28. The molecule has 0 aromatic carbocycles. The van der Waals surface area contributed by atoms with Crippen molar-refractivity contribution >= 4 is 5.97 Å². The van der Waals surface area contributed by atoms with Gasteiger partial charge in [-0.15, -0.1) is 0 Å². The lowest BCUT2D eigenvalue weighted by Crippen LogP contribution is -2.44. The van der Waals surface area contributed by atoms with E-state index in [1.807, 2.05) is 0 Å². The van der Waals surface area contributed by atoms with Gasteiger partial charge < -0.3 is 10.8 Å². The van der Waals surface area contributed by atoms with Crippen molar-refractivity contribution in [3.63, 3.8) is 0 Å². The SMILES string of the molecule is C[C@@H](C(F)F)C(F)C(N)C(=O)O. The molecule has 0 aromatic rings. The highest BCUT2D eigenvalue weighted by Crippen LogP contribution is 2.18. The van der Waals surface area contributed by atoms with Crippen LogP contribution in [0, 0.1) is 5.92 Å². The van der Waals surface area contributed by atoms with Gasteiger partial charge in [0, 0.05) is 0 Å². The zero-order valence-corrected chi connectivity index (χ0v) is 6.38. The number of nitrogens with two attached hydrogens (primary N) is 1. The Balaban J connectivity index is 4.18. The van der Waals surface area contributed by atoms with E-state index in [0.29, 0.717) is 0 Å². The Labute approximate surface area is 67.4 Å². The number of rotatable bonds is 4. The predicted molar refractivity (Wildman–Crippen MR) is 35.7 cm³/mol. The van der Waals surface area contributed by atoms with E-state index in [0.717, 1.165) is 6.92 Å². The summed E-state index contributed by atoms with van der Waals surface area (Å²) in [6.45, 7) is 0.915. The van der Waals surface area contributed by atoms with Crippen LogP contribution >= 0.6 is 0 Å². The van der Waals surface area contributed by atoms with Crippen molar-refractivity contribution in [2.24, 2.45) is 11.7 Å². The number of hydrogen-bond acceptors (Lipinski definition) is 2. The standard InChI is InChI=1S/C6H10F3NO2/c1-2(5(8)9)3(7)4(10)6(11)12/h2-5H,10H2,1H3,(H,11,12)/t2-,3?,4?/m1/s1.